The summed E-state index contributed by atoms with van der Waals surface area (Å²) in [4.78, 5) is 9.58. The summed E-state index contributed by atoms with van der Waals surface area (Å²) in [7, 11) is 0. The Morgan fingerprint density at radius 1 is 1.20 bits per heavy atom. The summed E-state index contributed by atoms with van der Waals surface area (Å²) in [5, 5.41) is 4.55. The highest BCUT2D eigenvalue weighted by Crippen LogP contribution is 2.12. The molecule has 20 heavy (non-hydrogen) atoms. The average Bonchev–Trinajstić information content (AvgIpc) is 3.11. The first kappa shape index (κ1) is 13.0. The predicted octanol–water partition coefficient (Wildman–Crippen LogP) is 2.93. The zero-order valence-electron chi connectivity index (χ0n) is 11.3. The van der Waals surface area contributed by atoms with Crippen LogP contribution in [0.25, 0.3) is 5.69 Å². The molecule has 0 saturated carbocycles. The van der Waals surface area contributed by atoms with E-state index < -0.39 is 0 Å². The van der Waals surface area contributed by atoms with Crippen LogP contribution in [0.3, 0.4) is 0 Å². The van der Waals surface area contributed by atoms with Crippen LogP contribution in [-0.4, -0.2) is 14.5 Å². The Bertz CT molecular complexity index is 656. The summed E-state index contributed by atoms with van der Waals surface area (Å²) in [5.74, 6) is 0. The molecule has 4 nitrogen and oxygen atoms in total. The van der Waals surface area contributed by atoms with Gasteiger partial charge in [-0.05, 0) is 24.6 Å². The number of aryl methyl sites for hydroxylation is 1. The van der Waals surface area contributed by atoms with E-state index in [0.717, 1.165) is 23.8 Å². The molecule has 0 unspecified atom stereocenters. The standard InChI is InChI=1S/C15H16N4S/c1-12-18-10-15(20-12)9-17-8-13-2-4-14(5-3-13)19-7-6-16-11-19/h2-7,10-11,17H,8-9H2,1H3. The van der Waals surface area contributed by atoms with E-state index in [1.165, 1.54) is 10.4 Å². The summed E-state index contributed by atoms with van der Waals surface area (Å²) >= 11 is 1.74. The normalized spacial score (nSPS) is 10.8. The van der Waals surface area contributed by atoms with Gasteiger partial charge in [0, 0.05) is 42.2 Å². The third-order valence-corrected chi connectivity index (χ3v) is 3.95. The monoisotopic (exact) mass is 284 g/mol. The fraction of sp³-hybridized carbons (Fsp3) is 0.200. The van der Waals surface area contributed by atoms with Crippen LogP contribution in [0, 0.1) is 6.92 Å². The molecule has 0 saturated heterocycles. The lowest BCUT2D eigenvalue weighted by Crippen LogP contribution is -2.11. The van der Waals surface area contributed by atoms with E-state index in [4.69, 9.17) is 0 Å². The lowest BCUT2D eigenvalue weighted by molar-refractivity contribution is 0.700. The highest BCUT2D eigenvalue weighted by Gasteiger charge is 1.99. The summed E-state index contributed by atoms with van der Waals surface area (Å²) in [6, 6.07) is 8.49. The van der Waals surface area contributed by atoms with Crippen molar-refractivity contribution in [2.75, 3.05) is 0 Å². The Morgan fingerprint density at radius 3 is 2.70 bits per heavy atom. The first-order valence-electron chi connectivity index (χ1n) is 6.50. The van der Waals surface area contributed by atoms with Crippen molar-refractivity contribution < 1.29 is 0 Å². The maximum atomic E-state index is 4.25. The summed E-state index contributed by atoms with van der Waals surface area (Å²) < 4.78 is 2.00. The van der Waals surface area contributed by atoms with Gasteiger partial charge in [-0.1, -0.05) is 12.1 Å². The molecule has 5 heteroatoms. The number of rotatable bonds is 5. The van der Waals surface area contributed by atoms with Crippen LogP contribution in [0.2, 0.25) is 0 Å². The van der Waals surface area contributed by atoms with Crippen molar-refractivity contribution in [2.24, 2.45) is 0 Å². The van der Waals surface area contributed by atoms with Crippen molar-refractivity contribution in [2.45, 2.75) is 20.0 Å². The van der Waals surface area contributed by atoms with Gasteiger partial charge in [0.15, 0.2) is 0 Å². The van der Waals surface area contributed by atoms with Gasteiger partial charge in [-0.2, -0.15) is 0 Å². The fourth-order valence-corrected chi connectivity index (χ4v) is 2.78. The van der Waals surface area contributed by atoms with Crippen molar-refractivity contribution in [1.82, 2.24) is 19.9 Å². The zero-order chi connectivity index (χ0) is 13.8. The SMILES string of the molecule is Cc1ncc(CNCc2ccc(-n3ccnc3)cc2)s1. The summed E-state index contributed by atoms with van der Waals surface area (Å²) in [6.07, 6.45) is 7.47. The second-order valence-electron chi connectivity index (χ2n) is 4.59. The molecule has 0 atom stereocenters. The largest absolute Gasteiger partial charge is 0.308 e. The van der Waals surface area contributed by atoms with Crippen LogP contribution in [-0.2, 0) is 13.1 Å². The maximum Gasteiger partial charge on any atom is 0.0991 e. The average molecular weight is 284 g/mol. The molecule has 0 radical (unpaired) electrons. The number of nitrogens with zero attached hydrogens (tertiary/aromatic N) is 3. The molecular formula is C15H16N4S. The van der Waals surface area contributed by atoms with Crippen LogP contribution >= 0.6 is 11.3 Å². The Kier molecular flexibility index (Phi) is 3.90. The third kappa shape index (κ3) is 3.12. The molecule has 2 heterocycles. The highest BCUT2D eigenvalue weighted by molar-refractivity contribution is 7.11. The molecule has 0 amide bonds. The molecule has 0 aliphatic carbocycles. The van der Waals surface area contributed by atoms with E-state index in [1.54, 1.807) is 23.9 Å². The van der Waals surface area contributed by atoms with Gasteiger partial charge < -0.3 is 9.88 Å². The molecule has 0 bridgehead atoms. The van der Waals surface area contributed by atoms with Gasteiger partial charge in [-0.25, -0.2) is 9.97 Å². The molecule has 0 spiro atoms. The smallest absolute Gasteiger partial charge is 0.0991 e. The number of nitrogens with one attached hydrogen (secondary N) is 1. The van der Waals surface area contributed by atoms with Crippen molar-refractivity contribution in [1.29, 1.82) is 0 Å². The minimum absolute atomic E-state index is 0.862. The van der Waals surface area contributed by atoms with E-state index in [-0.39, 0.29) is 0 Å². The Morgan fingerprint density at radius 2 is 2.05 bits per heavy atom. The second kappa shape index (κ2) is 5.98. The number of aromatic nitrogens is 3. The maximum absolute atomic E-state index is 4.25. The van der Waals surface area contributed by atoms with Gasteiger partial charge in [0.1, 0.15) is 0 Å². The molecule has 1 aromatic carbocycles. The minimum atomic E-state index is 0.862. The number of imidazole rings is 1. The van der Waals surface area contributed by atoms with E-state index in [0.29, 0.717) is 0 Å². The van der Waals surface area contributed by atoms with Crippen molar-refractivity contribution in [3.63, 3.8) is 0 Å². The van der Waals surface area contributed by atoms with Gasteiger partial charge >= 0.3 is 0 Å². The van der Waals surface area contributed by atoms with Gasteiger partial charge in [-0.3, -0.25) is 0 Å². The van der Waals surface area contributed by atoms with E-state index >= 15 is 0 Å². The minimum Gasteiger partial charge on any atom is -0.308 e. The van der Waals surface area contributed by atoms with Crippen LogP contribution in [0.15, 0.2) is 49.2 Å². The number of hydrogen-bond donors (Lipinski definition) is 1. The van der Waals surface area contributed by atoms with Gasteiger partial charge in [0.25, 0.3) is 0 Å². The fourth-order valence-electron chi connectivity index (χ4n) is 2.01. The lowest BCUT2D eigenvalue weighted by atomic mass is 10.2. The van der Waals surface area contributed by atoms with Crippen molar-refractivity contribution in [3.05, 3.63) is 64.6 Å². The van der Waals surface area contributed by atoms with Crippen LogP contribution in [0.4, 0.5) is 0 Å². The van der Waals surface area contributed by atoms with Crippen LogP contribution in [0.1, 0.15) is 15.4 Å². The molecule has 0 aliphatic heterocycles. The molecular weight excluding hydrogens is 268 g/mol. The summed E-state index contributed by atoms with van der Waals surface area (Å²) in [6.45, 7) is 3.76. The Labute approximate surface area is 122 Å². The van der Waals surface area contributed by atoms with Gasteiger partial charge in [0.2, 0.25) is 0 Å². The van der Waals surface area contributed by atoms with Crippen molar-refractivity contribution >= 4 is 11.3 Å². The Hall–Kier alpha value is -1.98. The highest BCUT2D eigenvalue weighted by atomic mass is 32.1. The first-order chi connectivity index (χ1) is 9.81. The van der Waals surface area contributed by atoms with Gasteiger partial charge in [-0.15, -0.1) is 11.3 Å². The predicted molar refractivity (Wildman–Crippen MR) is 81.0 cm³/mol. The first-order valence-corrected chi connectivity index (χ1v) is 7.32. The van der Waals surface area contributed by atoms with Crippen LogP contribution in [0.5, 0.6) is 0 Å². The van der Waals surface area contributed by atoms with Crippen LogP contribution < -0.4 is 5.32 Å². The number of thiazole rings is 1. The second-order valence-corrected chi connectivity index (χ2v) is 5.90. The molecule has 0 fully saturated rings. The topological polar surface area (TPSA) is 42.7 Å². The van der Waals surface area contributed by atoms with Gasteiger partial charge in [0.05, 0.1) is 11.3 Å². The third-order valence-electron chi connectivity index (χ3n) is 3.04. The number of benzene rings is 1. The molecule has 3 aromatic rings. The molecule has 3 rings (SSSR count). The molecule has 1 N–H and O–H groups in total. The summed E-state index contributed by atoms with van der Waals surface area (Å²) in [5.41, 5.74) is 2.40. The van der Waals surface area contributed by atoms with E-state index in [2.05, 4.69) is 39.6 Å². The lowest BCUT2D eigenvalue weighted by Gasteiger charge is -2.06. The van der Waals surface area contributed by atoms with E-state index in [9.17, 15) is 0 Å². The van der Waals surface area contributed by atoms with Crippen molar-refractivity contribution in [3.8, 4) is 5.69 Å². The molecule has 0 aliphatic rings. The quantitative estimate of drug-likeness (QED) is 0.783. The van der Waals surface area contributed by atoms with E-state index in [1.807, 2.05) is 23.9 Å². The molecule has 2 aromatic heterocycles. The zero-order valence-corrected chi connectivity index (χ0v) is 12.1. The number of hydrogen-bond acceptors (Lipinski definition) is 4. The molecule has 102 valence electrons. The Balaban J connectivity index is 1.56.